The Morgan fingerprint density at radius 1 is 1.12 bits per heavy atom. The van der Waals surface area contributed by atoms with Crippen molar-refractivity contribution in [1.82, 2.24) is 0 Å². The van der Waals surface area contributed by atoms with Crippen LogP contribution in [0.15, 0.2) is 18.2 Å². The van der Waals surface area contributed by atoms with Crippen LogP contribution in [-0.4, -0.2) is 20.8 Å². The zero-order valence-corrected chi connectivity index (χ0v) is 11.4. The Hall–Kier alpha value is -0.490. The number of unbranched alkanes of at least 4 members (excludes halogenated alkanes) is 1. The molecule has 0 aliphatic carbocycles. The van der Waals surface area contributed by atoms with Gasteiger partial charge in [0.25, 0.3) is 0 Å². The van der Waals surface area contributed by atoms with Gasteiger partial charge in [-0.3, -0.25) is 0 Å². The van der Waals surface area contributed by atoms with Gasteiger partial charge in [-0.15, -0.1) is 0 Å². The van der Waals surface area contributed by atoms with Crippen LogP contribution >= 0.6 is 23.2 Å². The molecular formula is C10H13Cl2NO3S. The molecular weight excluding hydrogens is 285 g/mol. The first-order chi connectivity index (χ1) is 7.87. The summed E-state index contributed by atoms with van der Waals surface area (Å²) < 4.78 is 26.7. The number of ether oxygens (including phenoxy) is 1. The molecule has 0 aliphatic heterocycles. The monoisotopic (exact) mass is 297 g/mol. The molecule has 0 amide bonds. The molecule has 1 aromatic carbocycles. The first kappa shape index (κ1) is 14.6. The van der Waals surface area contributed by atoms with Gasteiger partial charge in [0, 0.05) is 10.0 Å². The maximum atomic E-state index is 10.7. The summed E-state index contributed by atoms with van der Waals surface area (Å²) in [6, 6.07) is 4.90. The Kier molecular flexibility index (Phi) is 5.52. The lowest BCUT2D eigenvalue weighted by atomic mass is 10.3. The largest absolute Gasteiger partial charge is 0.493 e. The minimum absolute atomic E-state index is 0.0351. The summed E-state index contributed by atoms with van der Waals surface area (Å²) in [5, 5.41) is 5.86. The standard InChI is InChI=1S/C10H13Cl2NO3S/c11-8-5-9(12)7-10(6-8)16-3-1-2-4-17(13,14)15/h5-7H,1-4H2,(H2,13,14,15). The average molecular weight is 298 g/mol. The zero-order chi connectivity index (χ0) is 12.9. The molecule has 1 rings (SSSR count). The molecule has 0 radical (unpaired) electrons. The summed E-state index contributed by atoms with van der Waals surface area (Å²) in [6.07, 6.45) is 1.06. The number of sulfonamides is 1. The topological polar surface area (TPSA) is 69.4 Å². The van der Waals surface area contributed by atoms with E-state index in [4.69, 9.17) is 33.1 Å². The van der Waals surface area contributed by atoms with Crippen LogP contribution in [0.25, 0.3) is 0 Å². The third kappa shape index (κ3) is 6.73. The zero-order valence-electron chi connectivity index (χ0n) is 9.03. The van der Waals surface area contributed by atoms with Crippen molar-refractivity contribution >= 4 is 33.2 Å². The molecule has 7 heteroatoms. The highest BCUT2D eigenvalue weighted by Gasteiger charge is 2.02. The second-order valence-electron chi connectivity index (χ2n) is 3.53. The van der Waals surface area contributed by atoms with E-state index in [1.54, 1.807) is 18.2 Å². The van der Waals surface area contributed by atoms with Crippen molar-refractivity contribution < 1.29 is 13.2 Å². The Balaban J connectivity index is 2.31. The SMILES string of the molecule is NS(=O)(=O)CCCCOc1cc(Cl)cc(Cl)c1. The molecule has 0 aromatic heterocycles. The summed E-state index contributed by atoms with van der Waals surface area (Å²) in [4.78, 5) is 0. The van der Waals surface area contributed by atoms with Gasteiger partial charge in [-0.25, -0.2) is 13.6 Å². The van der Waals surface area contributed by atoms with Crippen molar-refractivity contribution in [3.63, 3.8) is 0 Å². The summed E-state index contributed by atoms with van der Waals surface area (Å²) >= 11 is 11.6. The fraction of sp³-hybridized carbons (Fsp3) is 0.400. The van der Waals surface area contributed by atoms with Crippen LogP contribution in [0.3, 0.4) is 0 Å². The minimum atomic E-state index is -3.38. The minimum Gasteiger partial charge on any atom is -0.493 e. The Morgan fingerprint density at radius 2 is 1.71 bits per heavy atom. The summed E-state index contributed by atoms with van der Waals surface area (Å²) in [5.74, 6) is 0.533. The van der Waals surface area contributed by atoms with Crippen molar-refractivity contribution in [1.29, 1.82) is 0 Å². The third-order valence-electron chi connectivity index (χ3n) is 1.93. The number of benzene rings is 1. The number of rotatable bonds is 6. The molecule has 0 saturated heterocycles. The molecule has 0 fully saturated rings. The molecule has 96 valence electrons. The first-order valence-corrected chi connectivity index (χ1v) is 7.43. The van der Waals surface area contributed by atoms with Crippen LogP contribution in [0.4, 0.5) is 0 Å². The lowest BCUT2D eigenvalue weighted by Crippen LogP contribution is -2.16. The Bertz CT molecular complexity index is 456. The van der Waals surface area contributed by atoms with Gasteiger partial charge in [-0.2, -0.15) is 0 Å². The second-order valence-corrected chi connectivity index (χ2v) is 6.13. The first-order valence-electron chi connectivity index (χ1n) is 4.96. The Morgan fingerprint density at radius 3 is 2.24 bits per heavy atom. The van der Waals surface area contributed by atoms with Gasteiger partial charge in [0.15, 0.2) is 0 Å². The molecule has 17 heavy (non-hydrogen) atoms. The predicted molar refractivity (Wildman–Crippen MR) is 69.2 cm³/mol. The molecule has 1 aromatic rings. The number of primary sulfonamides is 1. The van der Waals surface area contributed by atoms with Crippen molar-refractivity contribution in [2.75, 3.05) is 12.4 Å². The van der Waals surface area contributed by atoms with Crippen molar-refractivity contribution in [2.24, 2.45) is 5.14 Å². The quantitative estimate of drug-likeness (QED) is 0.820. The average Bonchev–Trinajstić information content (AvgIpc) is 2.13. The van der Waals surface area contributed by atoms with Gasteiger partial charge in [0.1, 0.15) is 5.75 Å². The lowest BCUT2D eigenvalue weighted by Gasteiger charge is -2.06. The Labute approximate surface area is 111 Å². The molecule has 0 bridgehead atoms. The molecule has 4 nitrogen and oxygen atoms in total. The van der Waals surface area contributed by atoms with E-state index in [0.29, 0.717) is 35.2 Å². The van der Waals surface area contributed by atoms with Crippen LogP contribution in [0.5, 0.6) is 5.75 Å². The van der Waals surface area contributed by atoms with Gasteiger partial charge in [-0.05, 0) is 31.0 Å². The van der Waals surface area contributed by atoms with Gasteiger partial charge in [0.05, 0.1) is 12.4 Å². The van der Waals surface area contributed by atoms with Crippen molar-refractivity contribution in [3.05, 3.63) is 28.2 Å². The highest BCUT2D eigenvalue weighted by molar-refractivity contribution is 7.89. The lowest BCUT2D eigenvalue weighted by molar-refractivity contribution is 0.309. The van der Waals surface area contributed by atoms with E-state index in [9.17, 15) is 8.42 Å². The van der Waals surface area contributed by atoms with E-state index in [0.717, 1.165) is 0 Å². The highest BCUT2D eigenvalue weighted by atomic mass is 35.5. The van der Waals surface area contributed by atoms with Crippen LogP contribution in [0.2, 0.25) is 10.0 Å². The summed E-state index contributed by atoms with van der Waals surface area (Å²) in [6.45, 7) is 0.395. The van der Waals surface area contributed by atoms with Gasteiger partial charge in [-0.1, -0.05) is 23.2 Å². The van der Waals surface area contributed by atoms with E-state index in [1.165, 1.54) is 0 Å². The molecule has 0 atom stereocenters. The second kappa shape index (κ2) is 6.44. The van der Waals surface area contributed by atoms with Gasteiger partial charge in [0.2, 0.25) is 10.0 Å². The summed E-state index contributed by atoms with van der Waals surface area (Å²) in [5.41, 5.74) is 0. The number of hydrogen-bond acceptors (Lipinski definition) is 3. The van der Waals surface area contributed by atoms with Crippen molar-refractivity contribution in [2.45, 2.75) is 12.8 Å². The molecule has 0 saturated carbocycles. The number of nitrogens with two attached hydrogens (primary N) is 1. The fourth-order valence-corrected chi connectivity index (χ4v) is 2.32. The molecule has 0 unspecified atom stereocenters. The predicted octanol–water partition coefficient (Wildman–Crippen LogP) is 2.44. The van der Waals surface area contributed by atoms with E-state index >= 15 is 0 Å². The van der Waals surface area contributed by atoms with Crippen LogP contribution in [-0.2, 0) is 10.0 Å². The van der Waals surface area contributed by atoms with Crippen LogP contribution in [0.1, 0.15) is 12.8 Å². The third-order valence-corrected chi connectivity index (χ3v) is 3.22. The van der Waals surface area contributed by atoms with E-state index in [1.807, 2.05) is 0 Å². The van der Waals surface area contributed by atoms with E-state index in [-0.39, 0.29) is 5.75 Å². The molecule has 0 heterocycles. The molecule has 0 spiro atoms. The number of halogens is 2. The fourth-order valence-electron chi connectivity index (χ4n) is 1.21. The van der Waals surface area contributed by atoms with Gasteiger partial charge < -0.3 is 4.74 Å². The maximum Gasteiger partial charge on any atom is 0.209 e. The van der Waals surface area contributed by atoms with Crippen molar-refractivity contribution in [3.8, 4) is 5.75 Å². The highest BCUT2D eigenvalue weighted by Crippen LogP contribution is 2.24. The van der Waals surface area contributed by atoms with E-state index < -0.39 is 10.0 Å². The summed E-state index contributed by atoms with van der Waals surface area (Å²) in [7, 11) is -3.38. The molecule has 2 N–H and O–H groups in total. The van der Waals surface area contributed by atoms with E-state index in [2.05, 4.69) is 0 Å². The smallest absolute Gasteiger partial charge is 0.209 e. The normalized spacial score (nSPS) is 11.5. The van der Waals surface area contributed by atoms with Crippen LogP contribution in [0, 0.1) is 0 Å². The molecule has 0 aliphatic rings. The number of hydrogen-bond donors (Lipinski definition) is 1. The maximum absolute atomic E-state index is 10.7. The van der Waals surface area contributed by atoms with Crippen LogP contribution < -0.4 is 9.88 Å². The van der Waals surface area contributed by atoms with Gasteiger partial charge >= 0.3 is 0 Å².